The van der Waals surface area contributed by atoms with Crippen molar-refractivity contribution >= 4 is 23.8 Å². The number of allylic oxidation sites excluding steroid dienone is 1. The van der Waals surface area contributed by atoms with Crippen molar-refractivity contribution in [1.29, 1.82) is 0 Å². The molecule has 1 aliphatic carbocycles. The van der Waals surface area contributed by atoms with Crippen molar-refractivity contribution in [1.82, 2.24) is 20.1 Å². The Kier molecular flexibility index (Phi) is 7.33. The highest BCUT2D eigenvalue weighted by Crippen LogP contribution is 2.27. The van der Waals surface area contributed by atoms with E-state index in [1.54, 1.807) is 31.6 Å². The molecule has 2 aromatic heterocycles. The number of rotatable bonds is 6. The van der Waals surface area contributed by atoms with E-state index < -0.39 is 6.04 Å². The third-order valence-corrected chi connectivity index (χ3v) is 6.65. The Morgan fingerprint density at radius 1 is 1.15 bits per heavy atom. The Morgan fingerprint density at radius 3 is 2.47 bits per heavy atom. The maximum absolute atomic E-state index is 13.4. The lowest BCUT2D eigenvalue weighted by Gasteiger charge is -2.28. The van der Waals surface area contributed by atoms with Crippen molar-refractivity contribution in [3.05, 3.63) is 41.9 Å². The van der Waals surface area contributed by atoms with Crippen LogP contribution in [0.2, 0.25) is 0 Å². The largest absolute Gasteiger partial charge is 0.382 e. The van der Waals surface area contributed by atoms with Crippen LogP contribution in [0.15, 0.2) is 36.3 Å². The molecule has 1 fully saturated rings. The van der Waals surface area contributed by atoms with E-state index in [9.17, 15) is 9.59 Å². The number of carbonyl (C=O) groups excluding carboxylic acids is 2. The molecular formula is C25H33N7O2+2. The second-order valence-electron chi connectivity index (χ2n) is 9.12. The highest BCUT2D eigenvalue weighted by Gasteiger charge is 2.36. The SMILES string of the molecule is Cc1cnn(C)c1-c1ccc(NC(=O)C(NC(=O)C2=CC=[N+]=[N+]2C)C2CCCCCCC2)nc1. The number of hydrogen-bond donors (Lipinski definition) is 2. The first-order valence-corrected chi connectivity index (χ1v) is 12.0. The number of aromatic nitrogens is 3. The fourth-order valence-electron chi connectivity index (χ4n) is 4.80. The summed E-state index contributed by atoms with van der Waals surface area (Å²) >= 11 is 0. The number of nitrogens with one attached hydrogen (secondary N) is 2. The van der Waals surface area contributed by atoms with Gasteiger partial charge in [-0.3, -0.25) is 14.3 Å². The minimum Gasteiger partial charge on any atom is -0.335 e. The Balaban J connectivity index is 1.51. The molecule has 0 radical (unpaired) electrons. The minimum absolute atomic E-state index is 0.0776. The fraction of sp³-hybridized carbons (Fsp3) is 0.480. The first-order chi connectivity index (χ1) is 16.4. The molecule has 9 nitrogen and oxygen atoms in total. The molecular weight excluding hydrogens is 430 g/mol. The summed E-state index contributed by atoms with van der Waals surface area (Å²) in [4.78, 5) is 34.9. The highest BCUT2D eigenvalue weighted by atomic mass is 16.2. The monoisotopic (exact) mass is 463 g/mol. The summed E-state index contributed by atoms with van der Waals surface area (Å²) < 4.78 is 3.33. The molecule has 1 unspecified atom stereocenters. The van der Waals surface area contributed by atoms with E-state index in [0.29, 0.717) is 11.5 Å². The molecule has 1 aliphatic heterocycles. The molecule has 2 amide bonds. The van der Waals surface area contributed by atoms with Gasteiger partial charge in [0.1, 0.15) is 22.6 Å². The zero-order valence-corrected chi connectivity index (χ0v) is 20.1. The van der Waals surface area contributed by atoms with E-state index in [1.165, 1.54) is 11.1 Å². The van der Waals surface area contributed by atoms with E-state index in [4.69, 9.17) is 0 Å². The third-order valence-electron chi connectivity index (χ3n) is 6.65. The van der Waals surface area contributed by atoms with Gasteiger partial charge >= 0.3 is 17.8 Å². The number of pyridine rings is 1. The van der Waals surface area contributed by atoms with Gasteiger partial charge in [0, 0.05) is 18.8 Å². The van der Waals surface area contributed by atoms with E-state index in [2.05, 4.69) is 25.5 Å². The van der Waals surface area contributed by atoms with Crippen LogP contribution in [0.1, 0.15) is 50.5 Å². The Labute approximate surface area is 199 Å². The van der Waals surface area contributed by atoms with Gasteiger partial charge in [-0.25, -0.2) is 4.98 Å². The molecule has 4 rings (SSSR count). The predicted octanol–water partition coefficient (Wildman–Crippen LogP) is 2.85. The van der Waals surface area contributed by atoms with Crippen molar-refractivity contribution in [3.8, 4) is 11.3 Å². The molecule has 34 heavy (non-hydrogen) atoms. The molecule has 2 N–H and O–H groups in total. The minimum atomic E-state index is -0.638. The van der Waals surface area contributed by atoms with Crippen molar-refractivity contribution in [2.24, 2.45) is 13.0 Å². The van der Waals surface area contributed by atoms with E-state index in [1.807, 2.05) is 30.9 Å². The highest BCUT2D eigenvalue weighted by molar-refractivity contribution is 6.01. The number of carbonyl (C=O) groups is 2. The first kappa shape index (κ1) is 23.6. The van der Waals surface area contributed by atoms with Crippen LogP contribution in [0.5, 0.6) is 0 Å². The van der Waals surface area contributed by atoms with Crippen LogP contribution in [-0.2, 0) is 16.6 Å². The van der Waals surface area contributed by atoms with E-state index in [-0.39, 0.29) is 17.7 Å². The van der Waals surface area contributed by atoms with Gasteiger partial charge in [0.15, 0.2) is 4.79 Å². The normalized spacial score (nSPS) is 17.4. The average Bonchev–Trinajstić information content (AvgIpc) is 3.37. The fourth-order valence-corrected chi connectivity index (χ4v) is 4.80. The number of amides is 2. The summed E-state index contributed by atoms with van der Waals surface area (Å²) in [6.07, 6.45) is 14.3. The van der Waals surface area contributed by atoms with Crippen LogP contribution in [0, 0.1) is 12.8 Å². The molecule has 2 aliphatic rings. The number of anilines is 1. The Morgan fingerprint density at radius 2 is 1.88 bits per heavy atom. The number of hydrogen-bond acceptors (Lipinski definition) is 4. The van der Waals surface area contributed by atoms with Gasteiger partial charge < -0.3 is 10.6 Å². The average molecular weight is 464 g/mol. The maximum atomic E-state index is 13.4. The van der Waals surface area contributed by atoms with Crippen LogP contribution in [-0.4, -0.2) is 55.4 Å². The van der Waals surface area contributed by atoms with Crippen LogP contribution < -0.4 is 10.6 Å². The van der Waals surface area contributed by atoms with Crippen molar-refractivity contribution in [2.45, 2.75) is 57.9 Å². The van der Waals surface area contributed by atoms with E-state index in [0.717, 1.165) is 55.3 Å². The zero-order valence-electron chi connectivity index (χ0n) is 20.1. The summed E-state index contributed by atoms with van der Waals surface area (Å²) in [5, 5.41) is 10.2. The summed E-state index contributed by atoms with van der Waals surface area (Å²) in [5.74, 6) is 0.00305. The lowest BCUT2D eigenvalue weighted by atomic mass is 9.85. The number of likely N-dealkylation sites (N-methyl/N-ethyl adjacent to an activating group) is 1. The molecule has 1 atom stereocenters. The zero-order chi connectivity index (χ0) is 24.1. The maximum Gasteiger partial charge on any atom is 0.382 e. The molecule has 0 aromatic carbocycles. The summed E-state index contributed by atoms with van der Waals surface area (Å²) in [6, 6.07) is 3.07. The summed E-state index contributed by atoms with van der Waals surface area (Å²) in [5.41, 5.74) is 3.40. The standard InChI is InChI=1S/C25H31N7O2/c1-17-15-28-32(3)23(17)19-11-12-21(26-16-19)29-25(34)22(18-9-7-5-4-6-8-10-18)30-24(33)20-13-14-27-31(20)2/h11-16,18,22H,4-10H2,1-3H3/p+2. The van der Waals surface area contributed by atoms with Crippen molar-refractivity contribution in [2.75, 3.05) is 12.4 Å². The van der Waals surface area contributed by atoms with Crippen LogP contribution in [0.4, 0.5) is 5.82 Å². The molecule has 0 bridgehead atoms. The lowest BCUT2D eigenvalue weighted by Crippen LogP contribution is -2.49. The number of aryl methyl sites for hydroxylation is 2. The van der Waals surface area contributed by atoms with Crippen LogP contribution in [0.3, 0.4) is 0 Å². The molecule has 178 valence electrons. The van der Waals surface area contributed by atoms with Gasteiger partial charge in [0.2, 0.25) is 13.0 Å². The molecule has 0 spiro atoms. The summed E-state index contributed by atoms with van der Waals surface area (Å²) in [6.45, 7) is 2.00. The molecule has 2 aromatic rings. The predicted molar refractivity (Wildman–Crippen MR) is 128 cm³/mol. The lowest BCUT2D eigenvalue weighted by molar-refractivity contribution is -0.787. The second-order valence-corrected chi connectivity index (χ2v) is 9.12. The Hall–Kier alpha value is -3.58. The number of nitrogens with zero attached hydrogens (tertiary/aromatic N) is 5. The van der Waals surface area contributed by atoms with E-state index >= 15 is 0 Å². The summed E-state index contributed by atoms with van der Waals surface area (Å²) in [7, 11) is 3.61. The van der Waals surface area contributed by atoms with Gasteiger partial charge in [-0.05, 0) is 43.4 Å². The second kappa shape index (κ2) is 10.6. The van der Waals surface area contributed by atoms with Gasteiger partial charge in [-0.2, -0.15) is 5.10 Å². The Bertz CT molecular complexity index is 1130. The third kappa shape index (κ3) is 5.31. The van der Waals surface area contributed by atoms with Crippen molar-refractivity contribution in [3.63, 3.8) is 0 Å². The molecule has 3 heterocycles. The van der Waals surface area contributed by atoms with Gasteiger partial charge in [-0.15, -0.1) is 0 Å². The molecule has 9 heteroatoms. The van der Waals surface area contributed by atoms with Crippen LogP contribution >= 0.6 is 0 Å². The molecule has 0 saturated heterocycles. The smallest absolute Gasteiger partial charge is 0.335 e. The topological polar surface area (TPSA) is 106 Å². The molecule has 1 saturated carbocycles. The quantitative estimate of drug-likeness (QED) is 0.507. The van der Waals surface area contributed by atoms with Crippen LogP contribution in [0.25, 0.3) is 11.3 Å². The van der Waals surface area contributed by atoms with Gasteiger partial charge in [-0.1, -0.05) is 32.1 Å². The van der Waals surface area contributed by atoms with Gasteiger partial charge in [0.25, 0.3) is 0 Å². The van der Waals surface area contributed by atoms with Crippen molar-refractivity contribution < 1.29 is 19.1 Å². The first-order valence-electron chi connectivity index (χ1n) is 12.0. The van der Waals surface area contributed by atoms with Gasteiger partial charge in [0.05, 0.1) is 11.9 Å².